The summed E-state index contributed by atoms with van der Waals surface area (Å²) in [5.41, 5.74) is 2.47. The number of ketones is 1. The topological polar surface area (TPSA) is 43.4 Å². The SMILES string of the molecule is C/C1=C\[C@H]2OC(=O)C(=O)[C@H]2CC/C(C)=C/CC/C=C/CC1. The molecular weight excluding hydrogens is 264 g/mol. The highest BCUT2D eigenvalue weighted by Crippen LogP contribution is 2.28. The fraction of sp³-hybridized carbons (Fsp3) is 0.556. The molecule has 1 fully saturated rings. The highest BCUT2D eigenvalue weighted by atomic mass is 16.6. The van der Waals surface area contributed by atoms with Crippen molar-refractivity contribution in [2.75, 3.05) is 0 Å². The molecular formula is C18H24O3. The smallest absolute Gasteiger partial charge is 0.375 e. The van der Waals surface area contributed by atoms with Crippen LogP contribution in [-0.4, -0.2) is 17.9 Å². The first-order chi connectivity index (χ1) is 10.1. The van der Waals surface area contributed by atoms with Crippen LogP contribution in [-0.2, 0) is 14.3 Å². The van der Waals surface area contributed by atoms with E-state index in [-0.39, 0.29) is 17.8 Å². The zero-order valence-corrected chi connectivity index (χ0v) is 12.9. The predicted octanol–water partition coefficient (Wildman–Crippen LogP) is 3.90. The van der Waals surface area contributed by atoms with E-state index in [4.69, 9.17) is 4.74 Å². The van der Waals surface area contributed by atoms with Gasteiger partial charge in [0.15, 0.2) is 0 Å². The largest absolute Gasteiger partial charge is 0.452 e. The first-order valence-electron chi connectivity index (χ1n) is 7.80. The third-order valence-corrected chi connectivity index (χ3v) is 4.17. The van der Waals surface area contributed by atoms with Crippen LogP contribution >= 0.6 is 0 Å². The predicted molar refractivity (Wildman–Crippen MR) is 82.7 cm³/mol. The van der Waals surface area contributed by atoms with Crippen LogP contribution in [0.1, 0.15) is 52.4 Å². The lowest BCUT2D eigenvalue weighted by Gasteiger charge is -2.14. The third-order valence-electron chi connectivity index (χ3n) is 4.17. The summed E-state index contributed by atoms with van der Waals surface area (Å²) in [7, 11) is 0. The molecule has 1 heterocycles. The molecule has 0 amide bonds. The number of hydrogen-bond acceptors (Lipinski definition) is 3. The van der Waals surface area contributed by atoms with Crippen molar-refractivity contribution in [3.8, 4) is 0 Å². The van der Waals surface area contributed by atoms with Gasteiger partial charge >= 0.3 is 5.97 Å². The van der Waals surface area contributed by atoms with E-state index in [1.54, 1.807) is 0 Å². The Kier molecular flexibility index (Phi) is 5.54. The number of ether oxygens (including phenoxy) is 1. The summed E-state index contributed by atoms with van der Waals surface area (Å²) >= 11 is 0. The number of fused-ring (bicyclic) bond motifs is 1. The van der Waals surface area contributed by atoms with Crippen LogP contribution < -0.4 is 0 Å². The summed E-state index contributed by atoms with van der Waals surface area (Å²) in [5, 5.41) is 0. The molecule has 3 heteroatoms. The quantitative estimate of drug-likeness (QED) is 0.386. The average Bonchev–Trinajstić information content (AvgIpc) is 2.70. The molecule has 1 aliphatic heterocycles. The number of allylic oxidation sites excluding steroid dienone is 5. The second-order valence-corrected chi connectivity index (χ2v) is 6.03. The highest BCUT2D eigenvalue weighted by Gasteiger charge is 2.41. The molecule has 1 aliphatic carbocycles. The monoisotopic (exact) mass is 288 g/mol. The van der Waals surface area contributed by atoms with Gasteiger partial charge in [0.1, 0.15) is 6.10 Å². The van der Waals surface area contributed by atoms with E-state index in [0.717, 1.165) is 32.1 Å². The summed E-state index contributed by atoms with van der Waals surface area (Å²) in [4.78, 5) is 23.5. The minimum absolute atomic E-state index is 0.311. The Hall–Kier alpha value is -1.64. The molecule has 0 aromatic carbocycles. The Morgan fingerprint density at radius 1 is 1.00 bits per heavy atom. The summed E-state index contributed by atoms with van der Waals surface area (Å²) in [5.74, 6) is -1.34. The van der Waals surface area contributed by atoms with Crippen molar-refractivity contribution in [1.82, 2.24) is 0 Å². The highest BCUT2D eigenvalue weighted by molar-refractivity contribution is 6.36. The normalized spacial score (nSPS) is 34.8. The van der Waals surface area contributed by atoms with Crippen molar-refractivity contribution in [3.63, 3.8) is 0 Å². The second-order valence-electron chi connectivity index (χ2n) is 6.03. The number of carbonyl (C=O) groups excluding carboxylic acids is 2. The van der Waals surface area contributed by atoms with Gasteiger partial charge in [-0.15, -0.1) is 0 Å². The van der Waals surface area contributed by atoms with E-state index in [0.29, 0.717) is 6.42 Å². The number of rotatable bonds is 0. The van der Waals surface area contributed by atoms with Gasteiger partial charge in [-0.05, 0) is 58.4 Å². The van der Waals surface area contributed by atoms with Gasteiger partial charge in [0, 0.05) is 0 Å². The van der Waals surface area contributed by atoms with Gasteiger partial charge in [0.05, 0.1) is 5.92 Å². The van der Waals surface area contributed by atoms with Crippen molar-refractivity contribution >= 4 is 11.8 Å². The third kappa shape index (κ3) is 4.42. The first-order valence-corrected chi connectivity index (χ1v) is 7.80. The van der Waals surface area contributed by atoms with Crippen LogP contribution in [0.5, 0.6) is 0 Å². The molecule has 0 aromatic heterocycles. The molecule has 3 nitrogen and oxygen atoms in total. The summed E-state index contributed by atoms with van der Waals surface area (Å²) in [6, 6.07) is 0. The van der Waals surface area contributed by atoms with Crippen LogP contribution in [0.3, 0.4) is 0 Å². The van der Waals surface area contributed by atoms with E-state index in [2.05, 4.69) is 25.2 Å². The maximum absolute atomic E-state index is 12.0. The van der Waals surface area contributed by atoms with E-state index < -0.39 is 5.97 Å². The molecule has 2 rings (SSSR count). The Bertz CT molecular complexity index is 497. The van der Waals surface area contributed by atoms with Gasteiger partial charge in [0.25, 0.3) is 0 Å². The number of carbonyl (C=O) groups is 2. The van der Waals surface area contributed by atoms with Crippen LogP contribution in [0.2, 0.25) is 0 Å². The van der Waals surface area contributed by atoms with Gasteiger partial charge in [-0.3, -0.25) is 4.79 Å². The fourth-order valence-corrected chi connectivity index (χ4v) is 2.83. The molecule has 0 saturated carbocycles. The molecule has 2 atom stereocenters. The molecule has 0 aromatic rings. The van der Waals surface area contributed by atoms with Crippen LogP contribution in [0.25, 0.3) is 0 Å². The summed E-state index contributed by atoms with van der Waals surface area (Å²) in [6.45, 7) is 4.13. The van der Waals surface area contributed by atoms with Crippen molar-refractivity contribution in [3.05, 3.63) is 35.5 Å². The van der Waals surface area contributed by atoms with E-state index in [9.17, 15) is 9.59 Å². The molecule has 0 unspecified atom stereocenters. The van der Waals surface area contributed by atoms with Gasteiger partial charge in [-0.1, -0.05) is 29.4 Å². The lowest BCUT2D eigenvalue weighted by atomic mass is 9.91. The number of hydrogen-bond donors (Lipinski definition) is 0. The molecule has 21 heavy (non-hydrogen) atoms. The Labute approximate surface area is 126 Å². The fourth-order valence-electron chi connectivity index (χ4n) is 2.83. The van der Waals surface area contributed by atoms with Gasteiger partial charge in [-0.25, -0.2) is 4.79 Å². The van der Waals surface area contributed by atoms with Crippen molar-refractivity contribution in [2.45, 2.75) is 58.5 Å². The Morgan fingerprint density at radius 2 is 1.76 bits per heavy atom. The van der Waals surface area contributed by atoms with Crippen LogP contribution in [0.4, 0.5) is 0 Å². The number of Topliss-reactive ketones (excluding diaryl/α,β-unsaturated/α-hetero) is 1. The molecule has 1 saturated heterocycles. The van der Waals surface area contributed by atoms with Crippen LogP contribution in [0.15, 0.2) is 35.5 Å². The van der Waals surface area contributed by atoms with E-state index in [1.165, 1.54) is 11.1 Å². The average molecular weight is 288 g/mol. The molecule has 0 spiro atoms. The van der Waals surface area contributed by atoms with E-state index >= 15 is 0 Å². The lowest BCUT2D eigenvalue weighted by Crippen LogP contribution is -2.19. The standard InChI is InChI=1S/C18H24O3/c1-13-8-6-4-3-5-7-9-14(2)12-16-15(11-10-13)17(19)18(20)21-16/h3,5,8,12,15-16H,4,6-7,9-11H2,1-2H3/b5-3+,13-8+,14-12+/t15-,16+/m0/s1. The molecule has 0 N–H and O–H groups in total. The van der Waals surface area contributed by atoms with Crippen molar-refractivity contribution in [1.29, 1.82) is 0 Å². The van der Waals surface area contributed by atoms with Crippen molar-refractivity contribution in [2.24, 2.45) is 5.92 Å². The minimum atomic E-state index is -0.667. The summed E-state index contributed by atoms with van der Waals surface area (Å²) < 4.78 is 5.24. The van der Waals surface area contributed by atoms with Gasteiger partial charge in [-0.2, -0.15) is 0 Å². The van der Waals surface area contributed by atoms with E-state index in [1.807, 2.05) is 13.0 Å². The molecule has 0 radical (unpaired) electrons. The first kappa shape index (κ1) is 15.7. The van der Waals surface area contributed by atoms with Gasteiger partial charge in [0.2, 0.25) is 5.78 Å². The zero-order chi connectivity index (χ0) is 15.2. The molecule has 2 aliphatic rings. The summed E-state index contributed by atoms with van der Waals surface area (Å²) in [6.07, 6.45) is 13.8. The maximum atomic E-state index is 12.0. The molecule has 114 valence electrons. The zero-order valence-electron chi connectivity index (χ0n) is 12.9. The number of esters is 1. The lowest BCUT2D eigenvalue weighted by molar-refractivity contribution is -0.148. The Balaban J connectivity index is 2.17. The second kappa shape index (κ2) is 7.39. The van der Waals surface area contributed by atoms with Gasteiger partial charge < -0.3 is 4.74 Å². The van der Waals surface area contributed by atoms with Crippen molar-refractivity contribution < 1.29 is 14.3 Å². The maximum Gasteiger partial charge on any atom is 0.375 e. The van der Waals surface area contributed by atoms with Crippen LogP contribution in [0, 0.1) is 5.92 Å². The molecule has 0 bridgehead atoms. The Morgan fingerprint density at radius 3 is 2.57 bits per heavy atom. The minimum Gasteiger partial charge on any atom is -0.452 e.